The minimum Gasteiger partial charge on any atom is -0.494 e. The van der Waals surface area contributed by atoms with E-state index < -0.39 is 0 Å². The van der Waals surface area contributed by atoms with Crippen molar-refractivity contribution >= 4 is 5.91 Å². The van der Waals surface area contributed by atoms with Gasteiger partial charge < -0.3 is 14.1 Å². The average molecular weight is 329 g/mol. The highest BCUT2D eigenvalue weighted by molar-refractivity contribution is 5.75. The standard InChI is InChI=1S/C20H27NO3/c1-20(2,3)16-9-11-17(12-10-16)23-14-6-8-19(22)21(4)15-18-7-5-13-24-18/h5,7,9-13H,6,8,14-15H2,1-4H3. The Labute approximate surface area is 144 Å². The van der Waals surface area contributed by atoms with Crippen molar-refractivity contribution in [3.63, 3.8) is 0 Å². The minimum absolute atomic E-state index is 0.0954. The van der Waals surface area contributed by atoms with Crippen molar-refractivity contribution in [2.24, 2.45) is 0 Å². The number of carbonyl (C=O) groups excluding carboxylic acids is 1. The monoisotopic (exact) mass is 329 g/mol. The maximum absolute atomic E-state index is 12.1. The smallest absolute Gasteiger partial charge is 0.222 e. The number of nitrogens with zero attached hydrogens (tertiary/aromatic N) is 1. The fourth-order valence-electron chi connectivity index (χ4n) is 2.38. The molecule has 2 rings (SSSR count). The van der Waals surface area contributed by atoms with Gasteiger partial charge in [-0.1, -0.05) is 32.9 Å². The normalized spacial score (nSPS) is 11.3. The Balaban J connectivity index is 1.69. The van der Waals surface area contributed by atoms with Crippen LogP contribution in [0, 0.1) is 0 Å². The second-order valence-corrected chi connectivity index (χ2v) is 7.06. The number of benzene rings is 1. The van der Waals surface area contributed by atoms with Gasteiger partial charge >= 0.3 is 0 Å². The molecule has 1 aromatic heterocycles. The highest BCUT2D eigenvalue weighted by Gasteiger charge is 2.13. The summed E-state index contributed by atoms with van der Waals surface area (Å²) in [4.78, 5) is 13.7. The van der Waals surface area contributed by atoms with Gasteiger partial charge in [0.1, 0.15) is 11.5 Å². The fourth-order valence-corrected chi connectivity index (χ4v) is 2.38. The van der Waals surface area contributed by atoms with Crippen LogP contribution in [0.15, 0.2) is 47.1 Å². The molecule has 0 N–H and O–H groups in total. The lowest BCUT2D eigenvalue weighted by molar-refractivity contribution is -0.130. The van der Waals surface area contributed by atoms with Gasteiger partial charge in [-0.05, 0) is 41.7 Å². The quantitative estimate of drug-likeness (QED) is 0.707. The van der Waals surface area contributed by atoms with Crippen molar-refractivity contribution in [3.05, 3.63) is 54.0 Å². The summed E-state index contributed by atoms with van der Waals surface area (Å²) >= 11 is 0. The largest absolute Gasteiger partial charge is 0.494 e. The molecule has 0 aliphatic rings. The van der Waals surface area contributed by atoms with Crippen LogP contribution >= 0.6 is 0 Å². The molecule has 24 heavy (non-hydrogen) atoms. The van der Waals surface area contributed by atoms with Crippen LogP contribution < -0.4 is 4.74 Å². The Hall–Kier alpha value is -2.23. The molecular formula is C20H27NO3. The van der Waals surface area contributed by atoms with E-state index in [0.717, 1.165) is 11.5 Å². The Kier molecular flexibility index (Phi) is 6.07. The van der Waals surface area contributed by atoms with Crippen LogP contribution in [0.25, 0.3) is 0 Å². The SMILES string of the molecule is CN(Cc1ccco1)C(=O)CCCOc1ccc(C(C)(C)C)cc1. The molecule has 1 amide bonds. The summed E-state index contributed by atoms with van der Waals surface area (Å²) in [5.74, 6) is 1.73. The molecule has 0 aliphatic carbocycles. The van der Waals surface area contributed by atoms with Crippen LogP contribution in [0.3, 0.4) is 0 Å². The van der Waals surface area contributed by atoms with Gasteiger partial charge in [-0.2, -0.15) is 0 Å². The van der Waals surface area contributed by atoms with Gasteiger partial charge in [0.15, 0.2) is 0 Å². The summed E-state index contributed by atoms with van der Waals surface area (Å²) in [6.07, 6.45) is 2.78. The van der Waals surface area contributed by atoms with Crippen LogP contribution in [0.2, 0.25) is 0 Å². The first-order valence-electron chi connectivity index (χ1n) is 8.36. The van der Waals surface area contributed by atoms with Crippen LogP contribution in [0.5, 0.6) is 5.75 Å². The van der Waals surface area contributed by atoms with Gasteiger partial charge in [-0.25, -0.2) is 0 Å². The maximum atomic E-state index is 12.1. The summed E-state index contributed by atoms with van der Waals surface area (Å²) in [6.45, 7) is 7.60. The van der Waals surface area contributed by atoms with E-state index in [9.17, 15) is 4.79 Å². The van der Waals surface area contributed by atoms with Gasteiger partial charge in [0.25, 0.3) is 0 Å². The summed E-state index contributed by atoms with van der Waals surface area (Å²) in [7, 11) is 1.79. The van der Waals surface area contributed by atoms with E-state index in [1.807, 2.05) is 24.3 Å². The minimum atomic E-state index is 0.0954. The van der Waals surface area contributed by atoms with Crippen molar-refractivity contribution < 1.29 is 13.9 Å². The predicted molar refractivity (Wildman–Crippen MR) is 95.1 cm³/mol. The lowest BCUT2D eigenvalue weighted by Gasteiger charge is -2.19. The zero-order valence-corrected chi connectivity index (χ0v) is 15.0. The third-order valence-corrected chi connectivity index (χ3v) is 3.92. The molecule has 0 atom stereocenters. The third kappa shape index (κ3) is 5.44. The average Bonchev–Trinajstić information content (AvgIpc) is 3.04. The highest BCUT2D eigenvalue weighted by Crippen LogP contribution is 2.24. The molecule has 0 spiro atoms. The molecule has 0 fully saturated rings. The van der Waals surface area contributed by atoms with E-state index in [4.69, 9.17) is 9.15 Å². The number of ether oxygens (including phenoxy) is 1. The van der Waals surface area contributed by atoms with E-state index >= 15 is 0 Å². The first-order chi connectivity index (χ1) is 11.4. The van der Waals surface area contributed by atoms with Crippen molar-refractivity contribution in [1.29, 1.82) is 0 Å². The molecule has 1 heterocycles. The first kappa shape index (κ1) is 18.1. The molecule has 130 valence electrons. The number of rotatable bonds is 7. The lowest BCUT2D eigenvalue weighted by Crippen LogP contribution is -2.26. The third-order valence-electron chi connectivity index (χ3n) is 3.92. The fraction of sp³-hybridized carbons (Fsp3) is 0.450. The van der Waals surface area contributed by atoms with E-state index in [2.05, 4.69) is 32.9 Å². The van der Waals surface area contributed by atoms with Crippen molar-refractivity contribution in [3.8, 4) is 5.75 Å². The van der Waals surface area contributed by atoms with Crippen LogP contribution in [-0.4, -0.2) is 24.5 Å². The van der Waals surface area contributed by atoms with Crippen LogP contribution in [-0.2, 0) is 16.8 Å². The molecule has 0 bridgehead atoms. The summed E-state index contributed by atoms with van der Waals surface area (Å²) < 4.78 is 11.0. The molecule has 0 saturated carbocycles. The summed E-state index contributed by atoms with van der Waals surface area (Å²) in [5, 5.41) is 0. The summed E-state index contributed by atoms with van der Waals surface area (Å²) in [5.41, 5.74) is 1.42. The van der Waals surface area contributed by atoms with Gasteiger partial charge in [-0.3, -0.25) is 4.79 Å². The van der Waals surface area contributed by atoms with E-state index in [1.165, 1.54) is 5.56 Å². The molecule has 2 aromatic rings. The number of hydrogen-bond donors (Lipinski definition) is 0. The highest BCUT2D eigenvalue weighted by atomic mass is 16.5. The molecule has 0 radical (unpaired) electrons. The molecule has 4 nitrogen and oxygen atoms in total. The number of amides is 1. The number of carbonyl (C=O) groups is 1. The second kappa shape index (κ2) is 8.04. The lowest BCUT2D eigenvalue weighted by atomic mass is 9.87. The zero-order chi connectivity index (χ0) is 17.6. The molecule has 0 saturated heterocycles. The molecule has 0 aliphatic heterocycles. The van der Waals surface area contributed by atoms with Crippen molar-refractivity contribution in [2.45, 2.75) is 45.6 Å². The number of hydrogen-bond acceptors (Lipinski definition) is 3. The van der Waals surface area contributed by atoms with E-state index in [0.29, 0.717) is 26.0 Å². The molecule has 0 unspecified atom stereocenters. The Morgan fingerprint density at radius 2 is 1.88 bits per heavy atom. The van der Waals surface area contributed by atoms with Crippen molar-refractivity contribution in [2.75, 3.05) is 13.7 Å². The Bertz CT molecular complexity index is 624. The van der Waals surface area contributed by atoms with E-state index in [-0.39, 0.29) is 11.3 Å². The van der Waals surface area contributed by atoms with Crippen molar-refractivity contribution in [1.82, 2.24) is 4.90 Å². The Morgan fingerprint density at radius 3 is 2.46 bits per heavy atom. The number of furan rings is 1. The van der Waals surface area contributed by atoms with E-state index in [1.54, 1.807) is 18.2 Å². The summed E-state index contributed by atoms with van der Waals surface area (Å²) in [6, 6.07) is 11.9. The molecule has 4 heteroatoms. The van der Waals surface area contributed by atoms with Gasteiger partial charge in [0.05, 0.1) is 19.4 Å². The second-order valence-electron chi connectivity index (χ2n) is 7.06. The zero-order valence-electron chi connectivity index (χ0n) is 15.0. The predicted octanol–water partition coefficient (Wildman–Crippen LogP) is 4.39. The van der Waals surface area contributed by atoms with Gasteiger partial charge in [0.2, 0.25) is 5.91 Å². The topological polar surface area (TPSA) is 42.7 Å². The van der Waals surface area contributed by atoms with Crippen LogP contribution in [0.4, 0.5) is 0 Å². The molecular weight excluding hydrogens is 302 g/mol. The first-order valence-corrected chi connectivity index (χ1v) is 8.36. The maximum Gasteiger partial charge on any atom is 0.222 e. The van der Waals surface area contributed by atoms with Gasteiger partial charge in [-0.15, -0.1) is 0 Å². The molecule has 1 aromatic carbocycles. The Morgan fingerprint density at radius 1 is 1.17 bits per heavy atom. The van der Waals surface area contributed by atoms with Crippen LogP contribution in [0.1, 0.15) is 44.9 Å². The van der Waals surface area contributed by atoms with Gasteiger partial charge in [0, 0.05) is 13.5 Å².